The van der Waals surface area contributed by atoms with Crippen molar-refractivity contribution in [2.24, 2.45) is 0 Å². The number of nitrogens with one attached hydrogen (secondary N) is 1. The number of rotatable bonds is 13. The van der Waals surface area contributed by atoms with Crippen molar-refractivity contribution < 1.29 is 9.90 Å². The van der Waals surface area contributed by atoms with Gasteiger partial charge in [-0.05, 0) is 50.3 Å². The summed E-state index contributed by atoms with van der Waals surface area (Å²) in [7, 11) is 0. The van der Waals surface area contributed by atoms with E-state index in [1.165, 1.54) is 67.2 Å². The van der Waals surface area contributed by atoms with Crippen LogP contribution in [0, 0.1) is 0 Å². The Kier molecular flexibility index (Phi) is 9.05. The lowest BCUT2D eigenvalue weighted by molar-refractivity contribution is -0.137. The summed E-state index contributed by atoms with van der Waals surface area (Å²) in [5.74, 6) is 0.364. The van der Waals surface area contributed by atoms with Gasteiger partial charge in [-0.3, -0.25) is 4.79 Å². The van der Waals surface area contributed by atoms with Gasteiger partial charge in [-0.15, -0.1) is 11.3 Å². The number of unbranched alkanes of at least 4 members (excludes halogenated alkanes) is 7. The molecule has 0 spiro atoms. The predicted octanol–water partition coefficient (Wildman–Crippen LogP) is 6.30. The van der Waals surface area contributed by atoms with Crippen molar-refractivity contribution >= 4 is 45.1 Å². The van der Waals surface area contributed by atoms with Gasteiger partial charge in [0, 0.05) is 17.8 Å². The van der Waals surface area contributed by atoms with E-state index in [-0.39, 0.29) is 0 Å². The number of thiophene rings is 1. The van der Waals surface area contributed by atoms with Crippen LogP contribution in [0.3, 0.4) is 0 Å². The van der Waals surface area contributed by atoms with Crippen LogP contribution in [0.5, 0.6) is 0 Å². The average molecular weight is 436 g/mol. The zero-order chi connectivity index (χ0) is 20.5. The number of anilines is 1. The van der Waals surface area contributed by atoms with Gasteiger partial charge in [-0.2, -0.15) is 0 Å². The molecular weight excluding hydrogens is 402 g/mol. The number of aryl methyl sites for hydroxylation is 2. The van der Waals surface area contributed by atoms with Crippen molar-refractivity contribution in [1.82, 2.24) is 9.97 Å². The first-order valence-corrected chi connectivity index (χ1v) is 13.0. The molecule has 2 N–H and O–H groups in total. The van der Waals surface area contributed by atoms with Crippen LogP contribution < -0.4 is 5.32 Å². The number of thioether (sulfide) groups is 1. The van der Waals surface area contributed by atoms with Crippen LogP contribution in [-0.2, 0) is 17.6 Å². The number of nitrogens with zero attached hydrogens (tertiary/aromatic N) is 2. The van der Waals surface area contributed by atoms with Crippen LogP contribution in [-0.4, -0.2) is 33.8 Å². The average Bonchev–Trinajstić information content (AvgIpc) is 3.10. The molecule has 29 heavy (non-hydrogen) atoms. The Morgan fingerprint density at radius 3 is 2.45 bits per heavy atom. The first-order valence-electron chi connectivity index (χ1n) is 11.0. The minimum Gasteiger partial charge on any atom is -0.481 e. The SMILES string of the molecule is CSc1nc(NCCCCCCCCCCC(=O)O)c2c3c(sc2n1)CCCC3. The third-order valence-corrected chi connectivity index (χ3v) is 7.32. The maximum absolute atomic E-state index is 10.5. The third kappa shape index (κ3) is 6.57. The van der Waals surface area contributed by atoms with Gasteiger partial charge in [0.15, 0.2) is 5.16 Å². The Labute approximate surface area is 182 Å². The van der Waals surface area contributed by atoms with Gasteiger partial charge in [-0.1, -0.05) is 50.3 Å². The lowest BCUT2D eigenvalue weighted by Crippen LogP contribution is -2.06. The fraction of sp³-hybridized carbons (Fsp3) is 0.682. The minimum atomic E-state index is -0.675. The Morgan fingerprint density at radius 2 is 1.72 bits per heavy atom. The number of carboxylic acids is 1. The molecule has 0 aromatic carbocycles. The van der Waals surface area contributed by atoms with Crippen molar-refractivity contribution in [2.45, 2.75) is 88.6 Å². The Balaban J connectivity index is 1.41. The maximum atomic E-state index is 10.5. The molecule has 5 nitrogen and oxygen atoms in total. The lowest BCUT2D eigenvalue weighted by atomic mass is 9.97. The summed E-state index contributed by atoms with van der Waals surface area (Å²) in [6.45, 7) is 0.961. The van der Waals surface area contributed by atoms with Crippen molar-refractivity contribution in [3.8, 4) is 0 Å². The summed E-state index contributed by atoms with van der Waals surface area (Å²) in [4.78, 5) is 22.7. The normalized spacial score (nSPS) is 13.6. The van der Waals surface area contributed by atoms with E-state index in [0.29, 0.717) is 6.42 Å². The monoisotopic (exact) mass is 435 g/mol. The highest BCUT2D eigenvalue weighted by atomic mass is 32.2. The highest BCUT2D eigenvalue weighted by molar-refractivity contribution is 7.98. The number of hydrogen-bond acceptors (Lipinski definition) is 6. The fourth-order valence-corrected chi connectivity index (χ4v) is 5.71. The molecule has 7 heteroatoms. The summed E-state index contributed by atoms with van der Waals surface area (Å²) in [6.07, 6.45) is 16.4. The smallest absolute Gasteiger partial charge is 0.303 e. The van der Waals surface area contributed by atoms with Crippen molar-refractivity contribution in [1.29, 1.82) is 0 Å². The van der Waals surface area contributed by atoms with Crippen LogP contribution in [0.15, 0.2) is 5.16 Å². The number of aliphatic carboxylic acids is 1. The summed E-state index contributed by atoms with van der Waals surface area (Å²) < 4.78 is 0. The van der Waals surface area contributed by atoms with Gasteiger partial charge in [0.25, 0.3) is 0 Å². The zero-order valence-corrected chi connectivity index (χ0v) is 19.1. The van der Waals surface area contributed by atoms with Gasteiger partial charge < -0.3 is 10.4 Å². The Morgan fingerprint density at radius 1 is 1.03 bits per heavy atom. The van der Waals surface area contributed by atoms with E-state index in [1.807, 2.05) is 17.6 Å². The van der Waals surface area contributed by atoms with Crippen molar-refractivity contribution in [2.75, 3.05) is 18.1 Å². The second kappa shape index (κ2) is 11.7. The van der Waals surface area contributed by atoms with Gasteiger partial charge in [0.05, 0.1) is 5.39 Å². The second-order valence-corrected chi connectivity index (χ2v) is 9.71. The number of carboxylic acid groups (broad SMARTS) is 1. The molecule has 0 amide bonds. The molecule has 0 bridgehead atoms. The van der Waals surface area contributed by atoms with Crippen LogP contribution in [0.25, 0.3) is 10.2 Å². The summed E-state index contributed by atoms with van der Waals surface area (Å²) in [5.41, 5.74) is 1.49. The van der Waals surface area contributed by atoms with Crippen molar-refractivity contribution in [3.63, 3.8) is 0 Å². The minimum absolute atomic E-state index is 0.313. The topological polar surface area (TPSA) is 75.1 Å². The molecule has 2 aromatic rings. The Bertz CT molecular complexity index is 807. The molecule has 1 aliphatic carbocycles. The van der Waals surface area contributed by atoms with E-state index in [1.54, 1.807) is 11.8 Å². The second-order valence-electron chi connectivity index (χ2n) is 7.85. The lowest BCUT2D eigenvalue weighted by Gasteiger charge is -2.13. The molecular formula is C22H33N3O2S2. The van der Waals surface area contributed by atoms with E-state index in [2.05, 4.69) is 5.32 Å². The number of aromatic nitrogens is 2. The van der Waals surface area contributed by atoms with Crippen LogP contribution in [0.2, 0.25) is 0 Å². The van der Waals surface area contributed by atoms with Crippen LogP contribution in [0.4, 0.5) is 5.82 Å². The van der Waals surface area contributed by atoms with Crippen LogP contribution >= 0.6 is 23.1 Å². The summed E-state index contributed by atoms with van der Waals surface area (Å²) >= 11 is 3.48. The van der Waals surface area contributed by atoms with E-state index in [9.17, 15) is 4.79 Å². The first-order chi connectivity index (χ1) is 14.2. The molecule has 0 unspecified atom stereocenters. The third-order valence-electron chi connectivity index (χ3n) is 5.59. The molecule has 0 fully saturated rings. The molecule has 0 saturated carbocycles. The van der Waals surface area contributed by atoms with E-state index in [0.717, 1.165) is 48.0 Å². The van der Waals surface area contributed by atoms with Gasteiger partial charge >= 0.3 is 5.97 Å². The predicted molar refractivity (Wildman–Crippen MR) is 124 cm³/mol. The first kappa shape index (κ1) is 22.3. The molecule has 2 heterocycles. The zero-order valence-electron chi connectivity index (χ0n) is 17.5. The molecule has 160 valence electrons. The molecule has 1 aliphatic rings. The van der Waals surface area contributed by atoms with Crippen LogP contribution in [0.1, 0.15) is 81.1 Å². The molecule has 0 atom stereocenters. The standard InChI is InChI=1S/C22H33N3O2S2/c1-28-22-24-20(19-16-12-9-10-13-17(16)29-21(19)25-22)23-15-11-7-5-3-2-4-6-8-14-18(26)27/h2-15H2,1H3,(H,26,27)(H,23,24,25). The number of hydrogen-bond donors (Lipinski definition) is 2. The quantitative estimate of drug-likeness (QED) is 0.218. The Hall–Kier alpha value is -1.34. The summed E-state index contributed by atoms with van der Waals surface area (Å²) in [5, 5.41) is 14.4. The number of fused-ring (bicyclic) bond motifs is 3. The number of carbonyl (C=O) groups is 1. The van der Waals surface area contributed by atoms with Gasteiger partial charge in [0.2, 0.25) is 0 Å². The molecule has 0 radical (unpaired) electrons. The van der Waals surface area contributed by atoms with E-state index in [4.69, 9.17) is 15.1 Å². The molecule has 3 rings (SSSR count). The molecule has 0 saturated heterocycles. The summed E-state index contributed by atoms with van der Waals surface area (Å²) in [6, 6.07) is 0. The van der Waals surface area contributed by atoms with E-state index < -0.39 is 5.97 Å². The fourth-order valence-electron chi connectivity index (χ4n) is 4.03. The molecule has 0 aliphatic heterocycles. The highest BCUT2D eigenvalue weighted by Gasteiger charge is 2.20. The highest BCUT2D eigenvalue weighted by Crippen LogP contribution is 2.39. The van der Waals surface area contributed by atoms with Gasteiger partial charge in [0.1, 0.15) is 10.6 Å². The van der Waals surface area contributed by atoms with Gasteiger partial charge in [-0.25, -0.2) is 9.97 Å². The van der Waals surface area contributed by atoms with E-state index >= 15 is 0 Å². The maximum Gasteiger partial charge on any atom is 0.303 e. The largest absolute Gasteiger partial charge is 0.481 e. The van der Waals surface area contributed by atoms with Crippen molar-refractivity contribution in [3.05, 3.63) is 10.4 Å². The molecule has 2 aromatic heterocycles.